The number of amides is 2. The Morgan fingerprint density at radius 3 is 2.50 bits per heavy atom. The number of carbonyl (C=O) groups is 3. The molecule has 7 nitrogen and oxygen atoms in total. The summed E-state index contributed by atoms with van der Waals surface area (Å²) < 4.78 is 5.36. The van der Waals surface area contributed by atoms with Crippen LogP contribution < -0.4 is 10.6 Å². The lowest BCUT2D eigenvalue weighted by atomic mass is 10.1. The molecule has 3 rings (SSSR count). The smallest absolute Gasteiger partial charge is 0.342 e. The Morgan fingerprint density at radius 1 is 1.12 bits per heavy atom. The van der Waals surface area contributed by atoms with E-state index in [0.717, 1.165) is 10.4 Å². The molecule has 0 aliphatic rings. The molecule has 0 spiro atoms. The topological polar surface area (TPSA) is 97.4 Å². The van der Waals surface area contributed by atoms with Crippen molar-refractivity contribution in [2.75, 3.05) is 10.6 Å². The van der Waals surface area contributed by atoms with Gasteiger partial charge >= 0.3 is 5.97 Å². The minimum absolute atomic E-state index is 0.249. The standard InChI is InChI=1S/C21H19Cl2N3O4S2/c1-9-11(3)32-19(24-12(4)27)17(9)20(29)30-10(2)18(28)26-21-25-16(8-31-21)13-5-6-14(22)15(23)7-13/h5-8,10H,1-4H3,(H,24,27)(H,25,26,28)/t10-/m0/s1. The van der Waals surface area contributed by atoms with Crippen LogP contribution in [0, 0.1) is 13.8 Å². The predicted octanol–water partition coefficient (Wildman–Crippen LogP) is 5.94. The van der Waals surface area contributed by atoms with Crippen LogP contribution in [0.15, 0.2) is 23.6 Å². The van der Waals surface area contributed by atoms with Crippen LogP contribution in [0.1, 0.15) is 34.6 Å². The van der Waals surface area contributed by atoms with Crippen LogP contribution in [0.4, 0.5) is 10.1 Å². The van der Waals surface area contributed by atoms with E-state index in [0.29, 0.717) is 31.4 Å². The van der Waals surface area contributed by atoms with Crippen LogP contribution in [-0.4, -0.2) is 28.9 Å². The average Bonchev–Trinajstić information content (AvgIpc) is 3.28. The van der Waals surface area contributed by atoms with Crippen LogP contribution in [-0.2, 0) is 14.3 Å². The van der Waals surface area contributed by atoms with Crippen LogP contribution in [0.5, 0.6) is 0 Å². The number of esters is 1. The maximum Gasteiger partial charge on any atom is 0.342 e. The molecule has 0 radical (unpaired) electrons. The van der Waals surface area contributed by atoms with Gasteiger partial charge in [-0.15, -0.1) is 22.7 Å². The third-order valence-corrected chi connectivity index (χ3v) is 7.10. The SMILES string of the molecule is CC(=O)Nc1sc(C)c(C)c1C(=O)O[C@@H](C)C(=O)Nc1nc(-c2ccc(Cl)c(Cl)c2)cs1. The van der Waals surface area contributed by atoms with E-state index in [1.807, 2.05) is 6.92 Å². The summed E-state index contributed by atoms with van der Waals surface area (Å²) in [7, 11) is 0. The van der Waals surface area contributed by atoms with Crippen molar-refractivity contribution in [3.8, 4) is 11.3 Å². The predicted molar refractivity (Wildman–Crippen MR) is 129 cm³/mol. The Kier molecular flexibility index (Phi) is 7.55. The summed E-state index contributed by atoms with van der Waals surface area (Å²) in [6, 6.07) is 5.13. The zero-order valence-electron chi connectivity index (χ0n) is 17.5. The van der Waals surface area contributed by atoms with E-state index >= 15 is 0 Å². The third-order valence-electron chi connectivity index (χ3n) is 4.48. The number of aryl methyl sites for hydroxylation is 1. The molecule has 11 heteroatoms. The number of thiophene rings is 1. The van der Waals surface area contributed by atoms with Crippen molar-refractivity contribution in [1.29, 1.82) is 0 Å². The first-order chi connectivity index (χ1) is 15.1. The van der Waals surface area contributed by atoms with E-state index in [2.05, 4.69) is 15.6 Å². The van der Waals surface area contributed by atoms with Gasteiger partial charge in [0.15, 0.2) is 11.2 Å². The number of ether oxygens (including phenoxy) is 1. The summed E-state index contributed by atoms with van der Waals surface area (Å²) >= 11 is 14.5. The molecule has 168 valence electrons. The molecule has 3 aromatic rings. The molecule has 0 aliphatic heterocycles. The molecule has 0 fully saturated rings. The number of hydrogen-bond donors (Lipinski definition) is 2. The highest BCUT2D eigenvalue weighted by Crippen LogP contribution is 2.33. The van der Waals surface area contributed by atoms with Crippen LogP contribution in [0.25, 0.3) is 11.3 Å². The van der Waals surface area contributed by atoms with Gasteiger partial charge in [-0.2, -0.15) is 0 Å². The molecule has 0 bridgehead atoms. The Bertz CT molecular complexity index is 1210. The largest absolute Gasteiger partial charge is 0.449 e. The lowest BCUT2D eigenvalue weighted by Crippen LogP contribution is -2.30. The minimum atomic E-state index is -1.08. The zero-order valence-corrected chi connectivity index (χ0v) is 20.7. The zero-order chi connectivity index (χ0) is 23.6. The Balaban J connectivity index is 1.68. The van der Waals surface area contributed by atoms with Crippen molar-refractivity contribution in [2.24, 2.45) is 0 Å². The molecule has 0 unspecified atom stereocenters. The van der Waals surface area contributed by atoms with Crippen molar-refractivity contribution < 1.29 is 19.1 Å². The molecule has 0 saturated heterocycles. The molecule has 0 saturated carbocycles. The number of nitrogens with zero attached hydrogens (tertiary/aromatic N) is 1. The molecule has 2 N–H and O–H groups in total. The van der Waals surface area contributed by atoms with Gasteiger partial charge in [0.2, 0.25) is 5.91 Å². The van der Waals surface area contributed by atoms with Crippen LogP contribution in [0.3, 0.4) is 0 Å². The van der Waals surface area contributed by atoms with Crippen molar-refractivity contribution in [1.82, 2.24) is 4.98 Å². The first kappa shape index (κ1) is 24.2. The first-order valence-electron chi connectivity index (χ1n) is 9.37. The lowest BCUT2D eigenvalue weighted by Gasteiger charge is -2.13. The molecule has 2 heterocycles. The monoisotopic (exact) mass is 511 g/mol. The number of benzene rings is 1. The number of thiazole rings is 1. The Morgan fingerprint density at radius 2 is 1.84 bits per heavy atom. The maximum absolute atomic E-state index is 12.7. The lowest BCUT2D eigenvalue weighted by molar-refractivity contribution is -0.123. The summed E-state index contributed by atoms with van der Waals surface area (Å²) in [6.45, 7) is 6.42. The van der Waals surface area contributed by atoms with Crippen LogP contribution in [0.2, 0.25) is 10.0 Å². The van der Waals surface area contributed by atoms with E-state index in [4.69, 9.17) is 27.9 Å². The van der Waals surface area contributed by atoms with Crippen molar-refractivity contribution in [3.63, 3.8) is 0 Å². The molecule has 0 aliphatic carbocycles. The normalized spacial score (nSPS) is 11.7. The fraction of sp³-hybridized carbons (Fsp3) is 0.238. The number of carbonyl (C=O) groups excluding carboxylic acids is 3. The van der Waals surface area contributed by atoms with Gasteiger partial charge in [-0.05, 0) is 38.5 Å². The number of nitrogens with one attached hydrogen (secondary N) is 2. The van der Waals surface area contributed by atoms with Gasteiger partial charge in [-0.1, -0.05) is 29.3 Å². The molecular formula is C21H19Cl2N3O4S2. The van der Waals surface area contributed by atoms with Gasteiger partial charge in [0.05, 0.1) is 21.3 Å². The van der Waals surface area contributed by atoms with Gasteiger partial charge in [-0.3, -0.25) is 14.9 Å². The van der Waals surface area contributed by atoms with Crippen molar-refractivity contribution >= 4 is 73.8 Å². The third kappa shape index (κ3) is 5.47. The van der Waals surface area contributed by atoms with Gasteiger partial charge in [0, 0.05) is 22.7 Å². The summed E-state index contributed by atoms with van der Waals surface area (Å²) in [6.07, 6.45) is -1.08. The summed E-state index contributed by atoms with van der Waals surface area (Å²) in [5.74, 6) is -1.51. The fourth-order valence-corrected chi connectivity index (χ4v) is 4.84. The fourth-order valence-electron chi connectivity index (χ4n) is 2.72. The van der Waals surface area contributed by atoms with Gasteiger partial charge in [0.1, 0.15) is 5.00 Å². The number of hydrogen-bond acceptors (Lipinski definition) is 7. The molecule has 1 atom stereocenters. The highest BCUT2D eigenvalue weighted by Gasteiger charge is 2.26. The van der Waals surface area contributed by atoms with Crippen molar-refractivity contribution in [2.45, 2.75) is 33.8 Å². The maximum atomic E-state index is 12.7. The van der Waals surface area contributed by atoms with Gasteiger partial charge in [-0.25, -0.2) is 9.78 Å². The number of anilines is 2. The van der Waals surface area contributed by atoms with E-state index in [1.165, 1.54) is 36.5 Å². The van der Waals surface area contributed by atoms with Crippen molar-refractivity contribution in [3.05, 3.63) is 49.6 Å². The molecule has 2 aromatic heterocycles. The number of aromatic nitrogens is 1. The highest BCUT2D eigenvalue weighted by atomic mass is 35.5. The van der Waals surface area contributed by atoms with E-state index in [-0.39, 0.29) is 11.5 Å². The molecule has 1 aromatic carbocycles. The van der Waals surface area contributed by atoms with Gasteiger partial charge in [0.25, 0.3) is 5.91 Å². The molecular weight excluding hydrogens is 493 g/mol. The second kappa shape index (κ2) is 9.99. The Labute approximate surface area is 202 Å². The summed E-state index contributed by atoms with van der Waals surface area (Å²) in [5, 5.41) is 8.64. The minimum Gasteiger partial charge on any atom is -0.449 e. The highest BCUT2D eigenvalue weighted by molar-refractivity contribution is 7.16. The molecule has 2 amide bonds. The first-order valence-corrected chi connectivity index (χ1v) is 11.8. The van der Waals surface area contributed by atoms with E-state index in [9.17, 15) is 14.4 Å². The second-order valence-corrected chi connectivity index (χ2v) is 9.77. The van der Waals surface area contributed by atoms with Crippen LogP contribution >= 0.6 is 45.9 Å². The van der Waals surface area contributed by atoms with Gasteiger partial charge < -0.3 is 10.1 Å². The average molecular weight is 512 g/mol. The van der Waals surface area contributed by atoms with E-state index in [1.54, 1.807) is 30.5 Å². The number of halogens is 2. The quantitative estimate of drug-likeness (QED) is 0.399. The second-order valence-electron chi connectivity index (χ2n) is 6.87. The summed E-state index contributed by atoms with van der Waals surface area (Å²) in [5.41, 5.74) is 2.32. The van der Waals surface area contributed by atoms with E-state index < -0.39 is 18.0 Å². The summed E-state index contributed by atoms with van der Waals surface area (Å²) in [4.78, 5) is 41.9. The molecule has 32 heavy (non-hydrogen) atoms. The Hall–Kier alpha value is -2.46. The number of rotatable bonds is 6.